The van der Waals surface area contributed by atoms with E-state index in [9.17, 15) is 18.0 Å². The number of pyridine rings is 1. The van der Waals surface area contributed by atoms with Crippen molar-refractivity contribution in [1.29, 1.82) is 0 Å². The molecule has 1 N–H and O–H groups in total. The lowest BCUT2D eigenvalue weighted by atomic mass is 9.72. The maximum atomic E-state index is 14.0. The minimum atomic E-state index is -4.62. The molecule has 0 atom stereocenters. The van der Waals surface area contributed by atoms with E-state index >= 15 is 0 Å². The van der Waals surface area contributed by atoms with Crippen molar-refractivity contribution in [1.82, 2.24) is 34.9 Å². The Morgan fingerprint density at radius 3 is 2.51 bits per heavy atom. The Kier molecular flexibility index (Phi) is 9.70. The lowest BCUT2D eigenvalue weighted by Gasteiger charge is -2.54. The highest BCUT2D eigenvalue weighted by atomic mass is 19.4. The van der Waals surface area contributed by atoms with E-state index in [0.717, 1.165) is 67.5 Å². The number of aryl methyl sites for hydroxylation is 1. The molecule has 0 aliphatic carbocycles. The molecule has 3 aliphatic heterocycles. The Balaban J connectivity index is 1.20. The molecule has 286 valence electrons. The van der Waals surface area contributed by atoms with Crippen molar-refractivity contribution >= 4 is 39.6 Å². The van der Waals surface area contributed by atoms with Gasteiger partial charge >= 0.3 is 12.2 Å². The van der Waals surface area contributed by atoms with Crippen LogP contribution in [0.25, 0.3) is 39.0 Å². The molecule has 2 aromatic carbocycles. The SMILES string of the molecule is C=CC(=O)N1CC2(CCN(c3nc(OC4CCN(Cc5ccccn5)CC4)nc4c(OCC(F)(F)F)c(-c5c(C)ccc6[nH]ncc56)c(C=C)cc34)CC2)C1. The van der Waals surface area contributed by atoms with Crippen LogP contribution in [0.3, 0.4) is 0 Å². The lowest BCUT2D eigenvalue weighted by molar-refractivity contribution is -0.153. The molecule has 8 rings (SSSR count). The van der Waals surface area contributed by atoms with Gasteiger partial charge in [-0.2, -0.15) is 28.2 Å². The normalized spacial score (nSPS) is 17.7. The number of amides is 1. The predicted molar refractivity (Wildman–Crippen MR) is 205 cm³/mol. The second kappa shape index (κ2) is 14.6. The monoisotopic (exact) mass is 752 g/mol. The molecular formula is C41H43F3N8O3. The number of piperidine rings is 2. The van der Waals surface area contributed by atoms with Crippen molar-refractivity contribution < 1.29 is 27.4 Å². The van der Waals surface area contributed by atoms with E-state index in [2.05, 4.69) is 38.1 Å². The molecule has 1 amide bonds. The highest BCUT2D eigenvalue weighted by Crippen LogP contribution is 2.48. The Morgan fingerprint density at radius 2 is 1.82 bits per heavy atom. The number of rotatable bonds is 10. The number of benzene rings is 2. The number of nitrogens with one attached hydrogen (secondary N) is 1. The second-order valence-corrected chi connectivity index (χ2v) is 14.9. The maximum absolute atomic E-state index is 14.0. The Labute approximate surface area is 316 Å². The van der Waals surface area contributed by atoms with Crippen LogP contribution in [0.15, 0.2) is 68.0 Å². The number of hydrogen-bond donors (Lipinski definition) is 1. The molecule has 5 aromatic rings. The summed E-state index contributed by atoms with van der Waals surface area (Å²) in [6.45, 7) is 13.0. The van der Waals surface area contributed by atoms with Gasteiger partial charge in [0.1, 0.15) is 17.4 Å². The van der Waals surface area contributed by atoms with Crippen LogP contribution in [0.2, 0.25) is 0 Å². The van der Waals surface area contributed by atoms with Crippen LogP contribution in [0.4, 0.5) is 19.0 Å². The first kappa shape index (κ1) is 36.5. The number of H-pyrrole nitrogens is 1. The van der Waals surface area contributed by atoms with Crippen LogP contribution in [0, 0.1) is 12.3 Å². The number of nitrogens with zero attached hydrogens (tertiary/aromatic N) is 7. The molecule has 3 aliphatic rings. The fourth-order valence-electron chi connectivity index (χ4n) is 8.30. The Morgan fingerprint density at radius 1 is 1.04 bits per heavy atom. The first-order valence-electron chi connectivity index (χ1n) is 18.6. The summed E-state index contributed by atoms with van der Waals surface area (Å²) in [4.78, 5) is 32.9. The zero-order chi connectivity index (χ0) is 38.3. The van der Waals surface area contributed by atoms with Gasteiger partial charge in [0.2, 0.25) is 5.91 Å². The summed E-state index contributed by atoms with van der Waals surface area (Å²) < 4.78 is 54.4. The molecule has 14 heteroatoms. The summed E-state index contributed by atoms with van der Waals surface area (Å²) in [5, 5.41) is 8.48. The van der Waals surface area contributed by atoms with E-state index in [0.29, 0.717) is 54.1 Å². The largest absolute Gasteiger partial charge is 0.481 e. The van der Waals surface area contributed by atoms with Crippen LogP contribution < -0.4 is 14.4 Å². The highest BCUT2D eigenvalue weighted by Gasteiger charge is 2.46. The average molecular weight is 753 g/mol. The van der Waals surface area contributed by atoms with Crippen LogP contribution in [0.1, 0.15) is 42.5 Å². The van der Waals surface area contributed by atoms with Crippen molar-refractivity contribution in [2.24, 2.45) is 5.41 Å². The summed E-state index contributed by atoms with van der Waals surface area (Å²) in [6, 6.07) is 11.7. The predicted octanol–water partition coefficient (Wildman–Crippen LogP) is 7.12. The zero-order valence-electron chi connectivity index (χ0n) is 30.7. The fourth-order valence-corrected chi connectivity index (χ4v) is 8.30. The molecule has 0 bridgehead atoms. The summed E-state index contributed by atoms with van der Waals surface area (Å²) in [5.74, 6) is 0.469. The fraction of sp³-hybridized carbons (Fsp3) is 0.390. The van der Waals surface area contributed by atoms with Gasteiger partial charge in [0.05, 0.1) is 17.4 Å². The van der Waals surface area contributed by atoms with Crippen molar-refractivity contribution in [3.8, 4) is 22.9 Å². The minimum Gasteiger partial charge on any atom is -0.481 e. The third kappa shape index (κ3) is 7.34. The van der Waals surface area contributed by atoms with Crippen LogP contribution >= 0.6 is 0 Å². The van der Waals surface area contributed by atoms with Crippen molar-refractivity contribution in [3.63, 3.8) is 0 Å². The number of carbonyl (C=O) groups is 1. The summed E-state index contributed by atoms with van der Waals surface area (Å²) in [7, 11) is 0. The highest BCUT2D eigenvalue weighted by molar-refractivity contribution is 6.07. The van der Waals surface area contributed by atoms with Gasteiger partial charge in [-0.1, -0.05) is 31.4 Å². The number of fused-ring (bicyclic) bond motifs is 2. The number of halogens is 3. The van der Waals surface area contributed by atoms with Gasteiger partial charge in [-0.3, -0.25) is 19.8 Å². The van der Waals surface area contributed by atoms with Gasteiger partial charge in [-0.25, -0.2) is 0 Å². The molecule has 1 spiro atoms. The van der Waals surface area contributed by atoms with E-state index in [4.69, 9.17) is 19.4 Å². The maximum Gasteiger partial charge on any atom is 0.422 e. The second-order valence-electron chi connectivity index (χ2n) is 14.9. The number of hydrogen-bond acceptors (Lipinski definition) is 9. The van der Waals surface area contributed by atoms with Crippen LogP contribution in [0.5, 0.6) is 11.8 Å². The van der Waals surface area contributed by atoms with E-state index in [1.165, 1.54) is 6.08 Å². The number of aromatic nitrogens is 5. The van der Waals surface area contributed by atoms with Gasteiger partial charge < -0.3 is 19.3 Å². The molecule has 0 saturated carbocycles. The van der Waals surface area contributed by atoms with E-state index in [-0.39, 0.29) is 34.7 Å². The molecule has 0 unspecified atom stereocenters. The van der Waals surface area contributed by atoms with Gasteiger partial charge in [-0.05, 0) is 79.6 Å². The number of alkyl halides is 3. The number of aromatic amines is 1. The van der Waals surface area contributed by atoms with E-state index < -0.39 is 12.8 Å². The van der Waals surface area contributed by atoms with Gasteiger partial charge in [-0.15, -0.1) is 0 Å². The first-order valence-corrected chi connectivity index (χ1v) is 18.6. The van der Waals surface area contributed by atoms with E-state index in [1.807, 2.05) is 43.3 Å². The van der Waals surface area contributed by atoms with Crippen molar-refractivity contribution in [3.05, 3.63) is 84.8 Å². The molecule has 11 nitrogen and oxygen atoms in total. The molecule has 0 radical (unpaired) electrons. The molecule has 6 heterocycles. The van der Waals surface area contributed by atoms with E-state index in [1.54, 1.807) is 23.4 Å². The number of anilines is 1. The van der Waals surface area contributed by atoms with Crippen molar-refractivity contribution in [2.45, 2.75) is 51.4 Å². The Hall–Kier alpha value is -5.50. The first-order chi connectivity index (χ1) is 26.5. The minimum absolute atomic E-state index is 0.00179. The lowest BCUT2D eigenvalue weighted by Crippen LogP contribution is -2.61. The third-order valence-corrected chi connectivity index (χ3v) is 11.2. The number of ether oxygens (including phenoxy) is 2. The van der Waals surface area contributed by atoms with Gasteiger partial charge in [0.25, 0.3) is 0 Å². The van der Waals surface area contributed by atoms with Crippen LogP contribution in [-0.2, 0) is 11.3 Å². The van der Waals surface area contributed by atoms with Gasteiger partial charge in [0.15, 0.2) is 12.4 Å². The summed E-state index contributed by atoms with van der Waals surface area (Å²) in [6.07, 6.45) is 4.68. The molecule has 3 saturated heterocycles. The third-order valence-electron chi connectivity index (χ3n) is 11.2. The zero-order valence-corrected chi connectivity index (χ0v) is 30.7. The van der Waals surface area contributed by atoms with Crippen molar-refractivity contribution in [2.75, 3.05) is 50.8 Å². The standard InChI is InChI=1S/C41H43F3N8O3/c1-4-27-20-30-36(37(54-25-41(42,43)44)35(27)34-26(3)9-10-32-31(34)21-46-49-32)47-39(55-29-11-16-50(17-12-29)22-28-8-6-7-15-45-28)48-38(30)51-18-13-40(14-19-51)23-52(24-40)33(53)5-2/h4-10,15,20-21,29H,1-2,11-14,16-19,22-25H2,3H3,(H,46,49). The summed E-state index contributed by atoms with van der Waals surface area (Å²) in [5.41, 5.74) is 4.46. The molecule has 3 aromatic heterocycles. The summed E-state index contributed by atoms with van der Waals surface area (Å²) >= 11 is 0. The molecule has 3 fully saturated rings. The quantitative estimate of drug-likeness (QED) is 0.149. The van der Waals surface area contributed by atoms with Crippen LogP contribution in [-0.4, -0.2) is 99.0 Å². The van der Waals surface area contributed by atoms with Gasteiger partial charge in [0, 0.05) is 73.8 Å². The molecular weight excluding hydrogens is 709 g/mol. The number of likely N-dealkylation sites (tertiary alicyclic amines) is 2. The smallest absolute Gasteiger partial charge is 0.422 e. The average Bonchev–Trinajstić information content (AvgIpc) is 3.65. The Bertz CT molecular complexity index is 2240. The topological polar surface area (TPSA) is 113 Å². The molecule has 55 heavy (non-hydrogen) atoms. The number of carbonyl (C=O) groups excluding carboxylic acids is 1.